The van der Waals surface area contributed by atoms with Crippen LogP contribution in [0.4, 0.5) is 5.82 Å². The summed E-state index contributed by atoms with van der Waals surface area (Å²) in [5, 5.41) is 15.7. The Morgan fingerprint density at radius 2 is 1.61 bits per heavy atom. The van der Waals surface area contributed by atoms with Crippen molar-refractivity contribution in [2.45, 2.75) is 6.54 Å². The van der Waals surface area contributed by atoms with Gasteiger partial charge >= 0.3 is 5.82 Å². The third kappa shape index (κ3) is 4.85. The molecule has 0 aliphatic carbocycles. The number of nitrogens with zero attached hydrogens (tertiary/aromatic N) is 3. The molecule has 0 aliphatic rings. The Morgan fingerprint density at radius 3 is 2.13 bits per heavy atom. The predicted octanol–water partition coefficient (Wildman–Crippen LogP) is 4.57. The van der Waals surface area contributed by atoms with Gasteiger partial charge in [0.05, 0.1) is 54.6 Å². The number of benzene rings is 2. The third-order valence-electron chi connectivity index (χ3n) is 4.33. The van der Waals surface area contributed by atoms with Crippen LogP contribution in [-0.2, 0) is 6.54 Å². The molecule has 0 amide bonds. The zero-order valence-corrected chi connectivity index (χ0v) is 18.3. The first kappa shape index (κ1) is 22.3. The van der Waals surface area contributed by atoms with Crippen molar-refractivity contribution in [2.24, 2.45) is 0 Å². The topological polar surface area (TPSA) is 88.7 Å². The minimum Gasteiger partial charge on any atom is -0.497 e. The summed E-state index contributed by atoms with van der Waals surface area (Å²) in [4.78, 5) is 10.7. The second-order valence-corrected chi connectivity index (χ2v) is 6.94. The van der Waals surface area contributed by atoms with Gasteiger partial charge in [0, 0.05) is 6.07 Å². The van der Waals surface area contributed by atoms with Gasteiger partial charge in [-0.2, -0.15) is 4.68 Å². The first-order chi connectivity index (χ1) is 14.9. The molecule has 3 aromatic rings. The third-order valence-corrected chi connectivity index (χ3v) is 5.09. The standard InChI is InChI=1S/C21H17Cl2N3O5/c1-29-15-7-4-13(5-8-15)12-25-14(10-19(24-25)26(27)28)6-9-16-20(22)17(30-2)11-18(31-3)21(16)23/h4-5,7-8,10-11H,12H2,1-3H3. The van der Waals surface area contributed by atoms with E-state index < -0.39 is 4.92 Å². The second-order valence-electron chi connectivity index (χ2n) is 6.18. The van der Waals surface area contributed by atoms with Crippen molar-refractivity contribution in [1.82, 2.24) is 9.78 Å². The van der Waals surface area contributed by atoms with E-state index in [2.05, 4.69) is 16.9 Å². The lowest BCUT2D eigenvalue weighted by Crippen LogP contribution is -2.05. The Bertz CT molecular complexity index is 1150. The molecular weight excluding hydrogens is 445 g/mol. The number of hydrogen-bond acceptors (Lipinski definition) is 6. The van der Waals surface area contributed by atoms with Crippen LogP contribution in [0.3, 0.4) is 0 Å². The summed E-state index contributed by atoms with van der Waals surface area (Å²) >= 11 is 12.7. The van der Waals surface area contributed by atoms with Crippen molar-refractivity contribution >= 4 is 29.0 Å². The van der Waals surface area contributed by atoms with Gasteiger partial charge in [0.15, 0.2) is 0 Å². The van der Waals surface area contributed by atoms with Crippen molar-refractivity contribution in [1.29, 1.82) is 0 Å². The van der Waals surface area contributed by atoms with Gasteiger partial charge in [-0.3, -0.25) is 0 Å². The lowest BCUT2D eigenvalue weighted by Gasteiger charge is -2.10. The fraction of sp³-hybridized carbons (Fsp3) is 0.190. The van der Waals surface area contributed by atoms with Crippen molar-refractivity contribution in [2.75, 3.05) is 21.3 Å². The normalized spacial score (nSPS) is 10.2. The second kappa shape index (κ2) is 9.60. The molecule has 10 heteroatoms. The molecule has 0 fully saturated rings. The van der Waals surface area contributed by atoms with Gasteiger partial charge in [-0.05, 0) is 28.5 Å². The molecule has 31 heavy (non-hydrogen) atoms. The fourth-order valence-corrected chi connectivity index (χ4v) is 3.33. The maximum absolute atomic E-state index is 11.2. The Hall–Kier alpha value is -3.41. The summed E-state index contributed by atoms with van der Waals surface area (Å²) in [7, 11) is 4.49. The number of hydrogen-bond donors (Lipinski definition) is 0. The molecule has 2 aromatic carbocycles. The van der Waals surface area contributed by atoms with E-state index in [0.717, 1.165) is 5.56 Å². The van der Waals surface area contributed by atoms with E-state index in [9.17, 15) is 10.1 Å². The van der Waals surface area contributed by atoms with Gasteiger partial charge in [0.2, 0.25) is 0 Å². The summed E-state index contributed by atoms with van der Waals surface area (Å²) in [6, 6.07) is 10.1. The summed E-state index contributed by atoms with van der Waals surface area (Å²) in [5.41, 5.74) is 1.46. The number of halogens is 2. The zero-order valence-electron chi connectivity index (χ0n) is 16.8. The van der Waals surface area contributed by atoms with Crippen LogP contribution in [0.15, 0.2) is 36.4 Å². The number of rotatable bonds is 6. The molecular formula is C21H17Cl2N3O5. The number of aromatic nitrogens is 2. The summed E-state index contributed by atoms with van der Waals surface area (Å²) in [6.45, 7) is 0.269. The van der Waals surface area contributed by atoms with E-state index in [1.807, 2.05) is 12.1 Å². The molecule has 0 aliphatic heterocycles. The van der Waals surface area contributed by atoms with Gasteiger partial charge in [0.1, 0.15) is 22.9 Å². The average molecular weight is 462 g/mol. The highest BCUT2D eigenvalue weighted by atomic mass is 35.5. The summed E-state index contributed by atoms with van der Waals surface area (Å²) in [5.74, 6) is 6.79. The van der Waals surface area contributed by atoms with Crippen LogP contribution in [0.5, 0.6) is 17.2 Å². The Balaban J connectivity index is 2.05. The number of ether oxygens (including phenoxy) is 3. The molecule has 0 atom stereocenters. The highest BCUT2D eigenvalue weighted by molar-refractivity contribution is 6.38. The monoisotopic (exact) mass is 461 g/mol. The van der Waals surface area contributed by atoms with Crippen LogP contribution < -0.4 is 14.2 Å². The largest absolute Gasteiger partial charge is 0.497 e. The minimum atomic E-state index is -0.579. The molecule has 8 nitrogen and oxygen atoms in total. The van der Waals surface area contributed by atoms with Crippen LogP contribution in [0.25, 0.3) is 0 Å². The van der Waals surface area contributed by atoms with Crippen molar-refractivity contribution < 1.29 is 19.1 Å². The lowest BCUT2D eigenvalue weighted by molar-refractivity contribution is -0.389. The van der Waals surface area contributed by atoms with E-state index in [1.165, 1.54) is 25.0 Å². The molecule has 0 unspecified atom stereocenters. The molecule has 0 radical (unpaired) electrons. The highest BCUT2D eigenvalue weighted by Crippen LogP contribution is 2.39. The maximum atomic E-state index is 11.2. The van der Waals surface area contributed by atoms with E-state index in [1.54, 1.807) is 25.3 Å². The van der Waals surface area contributed by atoms with Crippen LogP contribution >= 0.6 is 23.2 Å². The number of nitro groups is 1. The molecule has 3 rings (SSSR count). The van der Waals surface area contributed by atoms with Crippen molar-refractivity contribution in [3.8, 4) is 29.1 Å². The van der Waals surface area contributed by atoms with Crippen molar-refractivity contribution in [3.63, 3.8) is 0 Å². The van der Waals surface area contributed by atoms with Crippen LogP contribution in [0, 0.1) is 22.0 Å². The minimum absolute atomic E-state index is 0.205. The first-order valence-corrected chi connectivity index (χ1v) is 9.60. The van der Waals surface area contributed by atoms with Crippen LogP contribution in [-0.4, -0.2) is 36.0 Å². The Labute approximate surface area is 188 Å². The fourth-order valence-electron chi connectivity index (χ4n) is 2.74. The molecule has 1 heterocycles. The van der Waals surface area contributed by atoms with Crippen LogP contribution in [0.1, 0.15) is 16.8 Å². The van der Waals surface area contributed by atoms with E-state index >= 15 is 0 Å². The van der Waals surface area contributed by atoms with Gasteiger partial charge in [-0.1, -0.05) is 41.3 Å². The molecule has 0 N–H and O–H groups in total. The van der Waals surface area contributed by atoms with E-state index in [4.69, 9.17) is 37.4 Å². The summed E-state index contributed by atoms with van der Waals surface area (Å²) in [6.07, 6.45) is 0. The first-order valence-electron chi connectivity index (χ1n) is 8.85. The highest BCUT2D eigenvalue weighted by Gasteiger charge is 2.19. The van der Waals surface area contributed by atoms with Gasteiger partial charge < -0.3 is 24.3 Å². The van der Waals surface area contributed by atoms with Gasteiger partial charge in [-0.25, -0.2) is 0 Å². The molecule has 0 bridgehead atoms. The molecule has 0 saturated carbocycles. The molecule has 0 saturated heterocycles. The average Bonchev–Trinajstić information content (AvgIpc) is 3.17. The molecule has 0 spiro atoms. The molecule has 160 valence electrons. The Morgan fingerprint density at radius 1 is 1.00 bits per heavy atom. The maximum Gasteiger partial charge on any atom is 0.391 e. The Kier molecular flexibility index (Phi) is 6.90. The SMILES string of the molecule is COc1ccc(Cn2nc([N+](=O)[O-])cc2C#Cc2c(Cl)c(OC)cc(OC)c2Cl)cc1. The predicted molar refractivity (Wildman–Crippen MR) is 117 cm³/mol. The smallest absolute Gasteiger partial charge is 0.391 e. The van der Waals surface area contributed by atoms with Gasteiger partial charge in [0.25, 0.3) is 0 Å². The van der Waals surface area contributed by atoms with E-state index in [0.29, 0.717) is 22.9 Å². The zero-order chi connectivity index (χ0) is 22.5. The van der Waals surface area contributed by atoms with E-state index in [-0.39, 0.29) is 28.0 Å². The van der Waals surface area contributed by atoms with Gasteiger partial charge in [-0.15, -0.1) is 0 Å². The molecule has 1 aromatic heterocycles. The van der Waals surface area contributed by atoms with Crippen molar-refractivity contribution in [3.05, 3.63) is 73.4 Å². The number of methoxy groups -OCH3 is 3. The van der Waals surface area contributed by atoms with Crippen LogP contribution in [0.2, 0.25) is 10.0 Å². The lowest BCUT2D eigenvalue weighted by atomic mass is 10.2. The summed E-state index contributed by atoms with van der Waals surface area (Å²) < 4.78 is 17.1. The quantitative estimate of drug-likeness (QED) is 0.303.